The quantitative estimate of drug-likeness (QED) is 0.746. The maximum atomic E-state index is 8.95. The van der Waals surface area contributed by atoms with Gasteiger partial charge in [-0.3, -0.25) is 4.90 Å². The van der Waals surface area contributed by atoms with Crippen molar-refractivity contribution in [3.05, 3.63) is 29.8 Å². The van der Waals surface area contributed by atoms with E-state index in [0.29, 0.717) is 12.1 Å². The Kier molecular flexibility index (Phi) is 5.45. The molecule has 0 bridgehead atoms. The van der Waals surface area contributed by atoms with Crippen LogP contribution < -0.4 is 5.73 Å². The maximum Gasteiger partial charge on any atom is 0.0443 e. The van der Waals surface area contributed by atoms with Crippen LogP contribution in [0.4, 0.5) is 5.69 Å². The zero-order valence-corrected chi connectivity index (χ0v) is 11.1. The Morgan fingerprint density at radius 1 is 1.29 bits per heavy atom. The summed E-state index contributed by atoms with van der Waals surface area (Å²) in [6, 6.07) is 8.81. The standard InChI is InChI=1S/C14H24N2O/c1-11(2)16(8-5-9-17)12(3)13-6-4-7-14(15)10-13/h4,6-7,10-12,17H,5,8-9,15H2,1-3H3. The van der Waals surface area contributed by atoms with E-state index in [9.17, 15) is 0 Å². The topological polar surface area (TPSA) is 49.5 Å². The van der Waals surface area contributed by atoms with Gasteiger partial charge in [-0.2, -0.15) is 0 Å². The van der Waals surface area contributed by atoms with Crippen LogP contribution in [-0.2, 0) is 0 Å². The Hall–Kier alpha value is -1.06. The Morgan fingerprint density at radius 2 is 2.00 bits per heavy atom. The smallest absolute Gasteiger partial charge is 0.0443 e. The largest absolute Gasteiger partial charge is 0.399 e. The first-order valence-electron chi connectivity index (χ1n) is 6.28. The number of nitrogens with two attached hydrogens (primary N) is 1. The van der Waals surface area contributed by atoms with Crippen LogP contribution in [-0.4, -0.2) is 29.2 Å². The molecule has 0 amide bonds. The van der Waals surface area contributed by atoms with Crippen LogP contribution in [0.1, 0.15) is 38.8 Å². The van der Waals surface area contributed by atoms with Gasteiger partial charge in [-0.1, -0.05) is 12.1 Å². The number of hydrogen-bond acceptors (Lipinski definition) is 3. The van der Waals surface area contributed by atoms with Gasteiger partial charge in [0.25, 0.3) is 0 Å². The van der Waals surface area contributed by atoms with Gasteiger partial charge in [-0.05, 0) is 44.9 Å². The highest BCUT2D eigenvalue weighted by molar-refractivity contribution is 5.41. The average molecular weight is 236 g/mol. The van der Waals surface area contributed by atoms with Crippen molar-refractivity contribution in [2.24, 2.45) is 0 Å². The van der Waals surface area contributed by atoms with Crippen LogP contribution in [0.5, 0.6) is 0 Å². The van der Waals surface area contributed by atoms with E-state index in [1.54, 1.807) is 0 Å². The second kappa shape index (κ2) is 6.62. The van der Waals surface area contributed by atoms with Crippen LogP contribution >= 0.6 is 0 Å². The van der Waals surface area contributed by atoms with Gasteiger partial charge in [0.05, 0.1) is 0 Å². The summed E-state index contributed by atoms with van der Waals surface area (Å²) in [4.78, 5) is 2.38. The van der Waals surface area contributed by atoms with Gasteiger partial charge in [0.1, 0.15) is 0 Å². The third-order valence-corrected chi connectivity index (χ3v) is 3.13. The molecule has 1 aromatic rings. The van der Waals surface area contributed by atoms with Crippen LogP contribution in [0.25, 0.3) is 0 Å². The summed E-state index contributed by atoms with van der Waals surface area (Å²) in [5.74, 6) is 0. The molecule has 0 aliphatic carbocycles. The Balaban J connectivity index is 2.79. The minimum atomic E-state index is 0.243. The van der Waals surface area contributed by atoms with Crippen molar-refractivity contribution in [3.8, 4) is 0 Å². The fraction of sp³-hybridized carbons (Fsp3) is 0.571. The van der Waals surface area contributed by atoms with Gasteiger partial charge in [0, 0.05) is 30.9 Å². The number of aliphatic hydroxyl groups is 1. The molecule has 3 nitrogen and oxygen atoms in total. The lowest BCUT2D eigenvalue weighted by Gasteiger charge is -2.33. The van der Waals surface area contributed by atoms with E-state index in [1.165, 1.54) is 5.56 Å². The number of anilines is 1. The van der Waals surface area contributed by atoms with Gasteiger partial charge in [-0.25, -0.2) is 0 Å². The zero-order chi connectivity index (χ0) is 12.8. The molecular formula is C14H24N2O. The van der Waals surface area contributed by atoms with E-state index >= 15 is 0 Å². The number of benzene rings is 1. The van der Waals surface area contributed by atoms with Crippen LogP contribution in [0.2, 0.25) is 0 Å². The number of aliphatic hydroxyl groups excluding tert-OH is 1. The summed E-state index contributed by atoms with van der Waals surface area (Å²) in [6.45, 7) is 7.70. The molecule has 0 aliphatic heterocycles. The van der Waals surface area contributed by atoms with Crippen molar-refractivity contribution in [3.63, 3.8) is 0 Å². The molecule has 1 atom stereocenters. The number of nitrogens with zero attached hydrogens (tertiary/aromatic N) is 1. The summed E-state index contributed by atoms with van der Waals surface area (Å²) >= 11 is 0. The summed E-state index contributed by atoms with van der Waals surface area (Å²) in [6.07, 6.45) is 0.810. The second-order valence-electron chi connectivity index (χ2n) is 4.75. The second-order valence-corrected chi connectivity index (χ2v) is 4.75. The lowest BCUT2D eigenvalue weighted by Crippen LogP contribution is -2.34. The first kappa shape index (κ1) is 14.0. The molecule has 0 heterocycles. The van der Waals surface area contributed by atoms with E-state index in [2.05, 4.69) is 31.7 Å². The van der Waals surface area contributed by atoms with E-state index in [4.69, 9.17) is 10.8 Å². The molecule has 0 spiro atoms. The van der Waals surface area contributed by atoms with E-state index in [-0.39, 0.29) is 6.61 Å². The molecule has 17 heavy (non-hydrogen) atoms. The molecule has 96 valence electrons. The molecule has 1 rings (SSSR count). The highest BCUT2D eigenvalue weighted by atomic mass is 16.3. The van der Waals surface area contributed by atoms with Crippen LogP contribution in [0.3, 0.4) is 0 Å². The molecule has 1 unspecified atom stereocenters. The van der Waals surface area contributed by atoms with Crippen LogP contribution in [0.15, 0.2) is 24.3 Å². The number of rotatable bonds is 6. The van der Waals surface area contributed by atoms with Crippen molar-refractivity contribution >= 4 is 5.69 Å². The molecule has 0 saturated heterocycles. The van der Waals surface area contributed by atoms with E-state index < -0.39 is 0 Å². The number of nitrogen functional groups attached to an aromatic ring is 1. The summed E-state index contributed by atoms with van der Waals surface area (Å²) in [5.41, 5.74) is 7.85. The molecule has 0 fully saturated rings. The molecule has 3 heteroatoms. The molecule has 3 N–H and O–H groups in total. The monoisotopic (exact) mass is 236 g/mol. The van der Waals surface area contributed by atoms with Crippen molar-refractivity contribution < 1.29 is 5.11 Å². The highest BCUT2D eigenvalue weighted by Gasteiger charge is 2.18. The average Bonchev–Trinajstić information content (AvgIpc) is 2.29. The van der Waals surface area contributed by atoms with Crippen molar-refractivity contribution in [2.45, 2.75) is 39.3 Å². The highest BCUT2D eigenvalue weighted by Crippen LogP contribution is 2.24. The Labute approximate surface area is 104 Å². The molecule has 0 aliphatic rings. The van der Waals surface area contributed by atoms with Gasteiger partial charge in [0.15, 0.2) is 0 Å². The van der Waals surface area contributed by atoms with Crippen LogP contribution in [0, 0.1) is 0 Å². The predicted octanol–water partition coefficient (Wildman–Crippen LogP) is 2.42. The summed E-state index contributed by atoms with van der Waals surface area (Å²) in [7, 11) is 0. The van der Waals surface area contributed by atoms with Crippen molar-refractivity contribution in [2.75, 3.05) is 18.9 Å². The van der Waals surface area contributed by atoms with E-state index in [1.807, 2.05) is 18.2 Å². The number of hydrogen-bond donors (Lipinski definition) is 2. The minimum Gasteiger partial charge on any atom is -0.399 e. The third-order valence-electron chi connectivity index (χ3n) is 3.13. The SMILES string of the molecule is CC(C)N(CCCO)C(C)c1cccc(N)c1. The van der Waals surface area contributed by atoms with Gasteiger partial charge >= 0.3 is 0 Å². The minimum absolute atomic E-state index is 0.243. The molecular weight excluding hydrogens is 212 g/mol. The lowest BCUT2D eigenvalue weighted by molar-refractivity contribution is 0.147. The van der Waals surface area contributed by atoms with Crippen molar-refractivity contribution in [1.82, 2.24) is 4.90 Å². The third kappa shape index (κ3) is 4.02. The molecule has 0 aromatic heterocycles. The van der Waals surface area contributed by atoms with Gasteiger partial charge in [0.2, 0.25) is 0 Å². The van der Waals surface area contributed by atoms with Gasteiger partial charge < -0.3 is 10.8 Å². The molecule has 0 saturated carbocycles. The Morgan fingerprint density at radius 3 is 2.53 bits per heavy atom. The summed E-state index contributed by atoms with van der Waals surface area (Å²) < 4.78 is 0. The first-order chi connectivity index (χ1) is 8.06. The summed E-state index contributed by atoms with van der Waals surface area (Å²) in [5, 5.41) is 8.95. The van der Waals surface area contributed by atoms with Crippen molar-refractivity contribution in [1.29, 1.82) is 0 Å². The van der Waals surface area contributed by atoms with E-state index in [0.717, 1.165) is 18.7 Å². The fourth-order valence-corrected chi connectivity index (χ4v) is 2.16. The Bertz CT molecular complexity index is 339. The fourth-order valence-electron chi connectivity index (χ4n) is 2.16. The first-order valence-corrected chi connectivity index (χ1v) is 6.28. The molecule has 1 aromatic carbocycles. The normalized spacial score (nSPS) is 13.3. The molecule has 0 radical (unpaired) electrons. The maximum absolute atomic E-state index is 8.95. The zero-order valence-electron chi connectivity index (χ0n) is 11.1. The van der Waals surface area contributed by atoms with Gasteiger partial charge in [-0.15, -0.1) is 0 Å². The predicted molar refractivity (Wildman–Crippen MR) is 72.8 cm³/mol. The lowest BCUT2D eigenvalue weighted by atomic mass is 10.0.